The van der Waals surface area contributed by atoms with Crippen LogP contribution in [0.15, 0.2) is 42.5 Å². The monoisotopic (exact) mass is 291 g/mol. The summed E-state index contributed by atoms with van der Waals surface area (Å²) in [6.45, 7) is 3.36. The van der Waals surface area contributed by atoms with Gasteiger partial charge in [0.2, 0.25) is 0 Å². The molecule has 2 rings (SSSR count). The predicted octanol–water partition coefficient (Wildman–Crippen LogP) is 4.22. The van der Waals surface area contributed by atoms with Crippen LogP contribution >= 0.6 is 0 Å². The molecule has 2 unspecified atom stereocenters. The fraction of sp³-hybridized carbons (Fsp3) is 0.294. The SMILES string of the molecule is CC(O)c1c(F)cccc1N(C)C(C)c1ccccc1F. The molecule has 0 bridgehead atoms. The summed E-state index contributed by atoms with van der Waals surface area (Å²) in [7, 11) is 1.76. The standard InChI is InChI=1S/C17H19F2NO/c1-11(13-7-4-5-8-14(13)18)20(3)16-10-6-9-15(19)17(16)12(2)21/h4-12,21H,1-3H3. The van der Waals surface area contributed by atoms with Crippen LogP contribution in [0.1, 0.15) is 37.1 Å². The number of aliphatic hydroxyl groups is 1. The smallest absolute Gasteiger partial charge is 0.131 e. The summed E-state index contributed by atoms with van der Waals surface area (Å²) in [5.74, 6) is -0.762. The van der Waals surface area contributed by atoms with Gasteiger partial charge in [-0.25, -0.2) is 8.78 Å². The first kappa shape index (κ1) is 15.4. The molecule has 0 fully saturated rings. The molecule has 0 radical (unpaired) electrons. The zero-order chi connectivity index (χ0) is 15.6. The van der Waals surface area contributed by atoms with Gasteiger partial charge in [-0.3, -0.25) is 0 Å². The Morgan fingerprint density at radius 3 is 2.19 bits per heavy atom. The topological polar surface area (TPSA) is 23.5 Å². The van der Waals surface area contributed by atoms with E-state index in [2.05, 4.69) is 0 Å². The van der Waals surface area contributed by atoms with Gasteiger partial charge in [0.25, 0.3) is 0 Å². The van der Waals surface area contributed by atoms with Gasteiger partial charge in [0, 0.05) is 23.9 Å². The summed E-state index contributed by atoms with van der Waals surface area (Å²) < 4.78 is 27.8. The lowest BCUT2D eigenvalue weighted by Crippen LogP contribution is -2.24. The number of hydrogen-bond donors (Lipinski definition) is 1. The third-order valence-electron chi connectivity index (χ3n) is 3.76. The molecule has 0 saturated carbocycles. The molecule has 0 aliphatic rings. The second-order valence-corrected chi connectivity index (χ2v) is 5.16. The van der Waals surface area contributed by atoms with Crippen LogP contribution < -0.4 is 4.90 Å². The van der Waals surface area contributed by atoms with Crippen molar-refractivity contribution in [2.45, 2.75) is 26.0 Å². The van der Waals surface area contributed by atoms with E-state index in [0.29, 0.717) is 11.3 Å². The summed E-state index contributed by atoms with van der Waals surface area (Å²) in [5.41, 5.74) is 1.31. The average molecular weight is 291 g/mol. The maximum atomic E-state index is 13.9. The van der Waals surface area contributed by atoms with E-state index in [-0.39, 0.29) is 17.4 Å². The second kappa shape index (κ2) is 6.22. The van der Waals surface area contributed by atoms with E-state index in [1.54, 1.807) is 42.3 Å². The molecule has 0 aliphatic carbocycles. The summed E-state index contributed by atoms with van der Waals surface area (Å²) in [5, 5.41) is 9.80. The zero-order valence-electron chi connectivity index (χ0n) is 12.3. The van der Waals surface area contributed by atoms with Crippen molar-refractivity contribution >= 4 is 5.69 Å². The van der Waals surface area contributed by atoms with Crippen molar-refractivity contribution in [3.05, 3.63) is 65.2 Å². The molecule has 21 heavy (non-hydrogen) atoms. The van der Waals surface area contributed by atoms with Crippen LogP contribution in [-0.2, 0) is 0 Å². The van der Waals surface area contributed by atoms with Crippen LogP contribution in [0.25, 0.3) is 0 Å². The lowest BCUT2D eigenvalue weighted by atomic mass is 10.0. The van der Waals surface area contributed by atoms with Crippen molar-refractivity contribution in [2.75, 3.05) is 11.9 Å². The highest BCUT2D eigenvalue weighted by atomic mass is 19.1. The Hall–Kier alpha value is -1.94. The molecule has 0 aromatic heterocycles. The van der Waals surface area contributed by atoms with Crippen molar-refractivity contribution in [1.29, 1.82) is 0 Å². The van der Waals surface area contributed by atoms with Gasteiger partial charge in [-0.2, -0.15) is 0 Å². The third kappa shape index (κ3) is 3.05. The van der Waals surface area contributed by atoms with Crippen molar-refractivity contribution < 1.29 is 13.9 Å². The minimum absolute atomic E-state index is 0.225. The highest BCUT2D eigenvalue weighted by Gasteiger charge is 2.21. The van der Waals surface area contributed by atoms with Gasteiger partial charge in [-0.05, 0) is 32.0 Å². The Morgan fingerprint density at radius 2 is 1.57 bits per heavy atom. The van der Waals surface area contributed by atoms with E-state index in [4.69, 9.17) is 0 Å². The number of aliphatic hydroxyl groups excluding tert-OH is 1. The Kier molecular flexibility index (Phi) is 4.58. The first-order chi connectivity index (χ1) is 9.93. The molecule has 0 spiro atoms. The number of hydrogen-bond acceptors (Lipinski definition) is 2. The number of halogens is 2. The molecule has 112 valence electrons. The molecule has 2 nitrogen and oxygen atoms in total. The average Bonchev–Trinajstić information content (AvgIpc) is 2.45. The van der Waals surface area contributed by atoms with Gasteiger partial charge >= 0.3 is 0 Å². The number of anilines is 1. The molecule has 0 heterocycles. The lowest BCUT2D eigenvalue weighted by Gasteiger charge is -2.30. The second-order valence-electron chi connectivity index (χ2n) is 5.16. The normalized spacial score (nSPS) is 13.8. The molecule has 4 heteroatoms. The Morgan fingerprint density at radius 1 is 0.952 bits per heavy atom. The highest BCUT2D eigenvalue weighted by molar-refractivity contribution is 5.56. The van der Waals surface area contributed by atoms with Crippen LogP contribution in [0, 0.1) is 11.6 Å². The molecule has 1 N–H and O–H groups in total. The first-order valence-corrected chi connectivity index (χ1v) is 6.87. The molecule has 0 amide bonds. The van der Waals surface area contributed by atoms with E-state index in [0.717, 1.165) is 0 Å². The molecule has 2 aromatic rings. The largest absolute Gasteiger partial charge is 0.389 e. The fourth-order valence-electron chi connectivity index (χ4n) is 2.48. The van der Waals surface area contributed by atoms with E-state index in [1.165, 1.54) is 19.1 Å². The number of rotatable bonds is 4. The Balaban J connectivity index is 2.43. The number of benzene rings is 2. The maximum absolute atomic E-state index is 13.9. The minimum atomic E-state index is -0.934. The Labute approximate surface area is 123 Å². The van der Waals surface area contributed by atoms with Crippen molar-refractivity contribution in [3.63, 3.8) is 0 Å². The molecular weight excluding hydrogens is 272 g/mol. The summed E-state index contributed by atoms with van der Waals surface area (Å²) in [6, 6.07) is 10.8. The summed E-state index contributed by atoms with van der Waals surface area (Å²) >= 11 is 0. The Bertz CT molecular complexity index is 628. The fourth-order valence-corrected chi connectivity index (χ4v) is 2.48. The van der Waals surface area contributed by atoms with Crippen molar-refractivity contribution in [2.24, 2.45) is 0 Å². The van der Waals surface area contributed by atoms with Gasteiger partial charge in [0.1, 0.15) is 11.6 Å². The zero-order valence-corrected chi connectivity index (χ0v) is 12.3. The minimum Gasteiger partial charge on any atom is -0.389 e. The number of nitrogens with zero attached hydrogens (tertiary/aromatic N) is 1. The van der Waals surface area contributed by atoms with Crippen molar-refractivity contribution in [1.82, 2.24) is 0 Å². The van der Waals surface area contributed by atoms with Crippen LogP contribution in [0.4, 0.5) is 14.5 Å². The van der Waals surface area contributed by atoms with Gasteiger partial charge in [0.15, 0.2) is 0 Å². The first-order valence-electron chi connectivity index (χ1n) is 6.87. The maximum Gasteiger partial charge on any atom is 0.131 e. The van der Waals surface area contributed by atoms with Crippen LogP contribution in [-0.4, -0.2) is 12.2 Å². The quantitative estimate of drug-likeness (QED) is 0.912. The van der Waals surface area contributed by atoms with E-state index >= 15 is 0 Å². The molecule has 2 atom stereocenters. The van der Waals surface area contributed by atoms with Gasteiger partial charge in [-0.15, -0.1) is 0 Å². The van der Waals surface area contributed by atoms with Gasteiger partial charge in [0.05, 0.1) is 12.1 Å². The van der Waals surface area contributed by atoms with E-state index in [1.807, 2.05) is 6.92 Å². The molecule has 2 aromatic carbocycles. The molecule has 0 aliphatic heterocycles. The molecular formula is C17H19F2NO. The van der Waals surface area contributed by atoms with Crippen LogP contribution in [0.2, 0.25) is 0 Å². The van der Waals surface area contributed by atoms with E-state index in [9.17, 15) is 13.9 Å². The van der Waals surface area contributed by atoms with Crippen molar-refractivity contribution in [3.8, 4) is 0 Å². The van der Waals surface area contributed by atoms with Crippen LogP contribution in [0.3, 0.4) is 0 Å². The highest BCUT2D eigenvalue weighted by Crippen LogP contribution is 2.33. The lowest BCUT2D eigenvalue weighted by molar-refractivity contribution is 0.194. The summed E-state index contributed by atoms with van der Waals surface area (Å²) in [4.78, 5) is 1.77. The molecule has 0 saturated heterocycles. The van der Waals surface area contributed by atoms with Crippen LogP contribution in [0.5, 0.6) is 0 Å². The summed E-state index contributed by atoms with van der Waals surface area (Å²) in [6.07, 6.45) is -0.934. The predicted molar refractivity (Wildman–Crippen MR) is 80.3 cm³/mol. The third-order valence-corrected chi connectivity index (χ3v) is 3.76. The van der Waals surface area contributed by atoms with E-state index < -0.39 is 11.9 Å². The van der Waals surface area contributed by atoms with Gasteiger partial charge in [-0.1, -0.05) is 24.3 Å². The van der Waals surface area contributed by atoms with Gasteiger partial charge < -0.3 is 10.0 Å².